The fourth-order valence-electron chi connectivity index (χ4n) is 3.27. The number of hydrogen-bond donors (Lipinski definition) is 2. The number of isocyanates is 1. The summed E-state index contributed by atoms with van der Waals surface area (Å²) >= 11 is 7.59. The summed E-state index contributed by atoms with van der Waals surface area (Å²) in [5.74, 6) is -0.303. The summed E-state index contributed by atoms with van der Waals surface area (Å²) in [6.45, 7) is 8.89. The van der Waals surface area contributed by atoms with Gasteiger partial charge in [-0.25, -0.2) is 14.6 Å². The van der Waals surface area contributed by atoms with Gasteiger partial charge in [-0.15, -0.1) is 0 Å². The van der Waals surface area contributed by atoms with Crippen molar-refractivity contribution in [1.82, 2.24) is 9.88 Å². The number of fused-ring (bicyclic) bond motifs is 1. The molecule has 2 amide bonds. The maximum absolute atomic E-state index is 12.2. The first-order valence-corrected chi connectivity index (χ1v) is 12.3. The summed E-state index contributed by atoms with van der Waals surface area (Å²) in [5.41, 5.74) is 2.45. The summed E-state index contributed by atoms with van der Waals surface area (Å²) in [4.78, 5) is 38.7. The summed E-state index contributed by atoms with van der Waals surface area (Å²) < 4.78 is 7.08. The molecular weight excluding hydrogens is 488 g/mol. The normalized spacial score (nSPS) is 10.1. The molecule has 0 spiro atoms. The van der Waals surface area contributed by atoms with E-state index in [1.165, 1.54) is 6.08 Å². The zero-order valence-electron chi connectivity index (χ0n) is 20.2. The van der Waals surface area contributed by atoms with Gasteiger partial charge in [-0.05, 0) is 64.1 Å². The predicted octanol–water partition coefficient (Wildman–Crippen LogP) is 5.80. The Morgan fingerprint density at radius 1 is 1.14 bits per heavy atom. The van der Waals surface area contributed by atoms with E-state index in [0.717, 1.165) is 26.4 Å². The van der Waals surface area contributed by atoms with Crippen molar-refractivity contribution in [2.45, 2.75) is 44.0 Å². The number of ether oxygens (including phenoxy) is 1. The average molecular weight is 517 g/mol. The number of hydrogen-bond acceptors (Lipinski definition) is 6. The number of carbonyl (C=O) groups is 2. The van der Waals surface area contributed by atoms with Gasteiger partial charge in [0.15, 0.2) is 0 Å². The molecule has 0 aliphatic carbocycles. The van der Waals surface area contributed by atoms with E-state index in [-0.39, 0.29) is 18.5 Å². The highest BCUT2D eigenvalue weighted by molar-refractivity contribution is 7.99. The molecule has 0 fully saturated rings. The fraction of sp³-hybridized carbons (Fsp3) is 0.320. The van der Waals surface area contributed by atoms with E-state index >= 15 is 0 Å². The maximum atomic E-state index is 12.2. The lowest BCUT2D eigenvalue weighted by Gasteiger charge is -2.10. The number of halogens is 1. The van der Waals surface area contributed by atoms with E-state index in [0.29, 0.717) is 30.4 Å². The Kier molecular flexibility index (Phi) is 11.4. The Labute approximate surface area is 214 Å². The van der Waals surface area contributed by atoms with E-state index in [4.69, 9.17) is 21.1 Å². The molecule has 0 aliphatic heterocycles. The smallest absolute Gasteiger partial charge is 0.325 e. The summed E-state index contributed by atoms with van der Waals surface area (Å²) in [7, 11) is 0. The molecule has 0 bridgehead atoms. The van der Waals surface area contributed by atoms with Gasteiger partial charge in [0.1, 0.15) is 6.54 Å². The Morgan fingerprint density at radius 3 is 2.43 bits per heavy atom. The minimum absolute atomic E-state index is 0.0992. The first-order valence-electron chi connectivity index (χ1n) is 11.1. The second kappa shape index (κ2) is 14.2. The van der Waals surface area contributed by atoms with Gasteiger partial charge in [-0.1, -0.05) is 29.4 Å². The first-order chi connectivity index (χ1) is 16.9. The minimum atomic E-state index is -0.303. The molecule has 35 heavy (non-hydrogen) atoms. The molecule has 3 rings (SSSR count). The van der Waals surface area contributed by atoms with Crippen molar-refractivity contribution in [2.24, 2.45) is 4.99 Å². The third-order valence-electron chi connectivity index (χ3n) is 4.73. The molecule has 1 aromatic heterocycles. The number of carbonyl (C=O) groups excluding carboxylic acids is 3. The number of nitrogens with zero attached hydrogens (tertiary/aromatic N) is 2. The van der Waals surface area contributed by atoms with Gasteiger partial charge in [0.2, 0.25) is 6.08 Å². The quantitative estimate of drug-likeness (QED) is 0.224. The zero-order valence-corrected chi connectivity index (χ0v) is 21.8. The number of amides is 2. The van der Waals surface area contributed by atoms with Crippen molar-refractivity contribution in [3.63, 3.8) is 0 Å². The van der Waals surface area contributed by atoms with Gasteiger partial charge < -0.3 is 19.9 Å². The minimum Gasteiger partial charge on any atom is -0.465 e. The van der Waals surface area contributed by atoms with Crippen LogP contribution in [0.4, 0.5) is 10.5 Å². The lowest BCUT2D eigenvalue weighted by atomic mass is 10.2. The number of nitrogens with one attached hydrogen (secondary N) is 2. The summed E-state index contributed by atoms with van der Waals surface area (Å²) in [5, 5.41) is 7.22. The Hall–Kier alpha value is -3.26. The van der Waals surface area contributed by atoms with Crippen LogP contribution in [0, 0.1) is 6.92 Å². The van der Waals surface area contributed by atoms with E-state index in [9.17, 15) is 9.59 Å². The van der Waals surface area contributed by atoms with Crippen molar-refractivity contribution in [1.29, 1.82) is 0 Å². The van der Waals surface area contributed by atoms with Gasteiger partial charge in [-0.2, -0.15) is 0 Å². The second-order valence-electron chi connectivity index (χ2n) is 7.11. The number of aromatic nitrogens is 1. The molecule has 10 heteroatoms. The molecule has 2 aromatic carbocycles. The maximum Gasteiger partial charge on any atom is 0.325 e. The molecule has 0 unspecified atom stereocenters. The number of rotatable bonds is 8. The fourth-order valence-corrected chi connectivity index (χ4v) is 4.48. The van der Waals surface area contributed by atoms with Crippen LogP contribution in [-0.4, -0.2) is 42.3 Å². The largest absolute Gasteiger partial charge is 0.465 e. The number of benzene rings is 2. The third-order valence-corrected chi connectivity index (χ3v) is 6.19. The van der Waals surface area contributed by atoms with Crippen LogP contribution < -0.4 is 10.6 Å². The van der Waals surface area contributed by atoms with Crippen LogP contribution in [0.2, 0.25) is 5.02 Å². The zero-order chi connectivity index (χ0) is 25.8. The number of esters is 1. The van der Waals surface area contributed by atoms with Gasteiger partial charge in [0, 0.05) is 39.0 Å². The van der Waals surface area contributed by atoms with Crippen molar-refractivity contribution < 1.29 is 19.1 Å². The van der Waals surface area contributed by atoms with Crippen LogP contribution in [0.15, 0.2) is 57.2 Å². The predicted molar refractivity (Wildman–Crippen MR) is 140 cm³/mol. The third kappa shape index (κ3) is 7.89. The van der Waals surface area contributed by atoms with Crippen LogP contribution in [0.5, 0.6) is 0 Å². The Balaban J connectivity index is 0.000000784. The highest BCUT2D eigenvalue weighted by Gasteiger charge is 2.21. The van der Waals surface area contributed by atoms with Gasteiger partial charge in [0.25, 0.3) is 0 Å². The lowest BCUT2D eigenvalue weighted by molar-refractivity contribution is -0.143. The number of anilines is 1. The molecule has 0 radical (unpaired) electrons. The standard InChI is InChI=1S/C22H24ClN3O3S.C3H5NO/c1-4-24-22(28)25-17-7-6-8-18-20(17)21(30-16-11-9-15(23)10-12-16)14(3)26(18)13-19(27)29-5-2;1-2-4-3-5/h6-12H,4-5,13H2,1-3H3,(H2,24,25,28);2H2,1H3. The van der Waals surface area contributed by atoms with Crippen molar-refractivity contribution in [3.05, 3.63) is 53.2 Å². The highest BCUT2D eigenvalue weighted by Crippen LogP contribution is 2.42. The molecule has 0 atom stereocenters. The molecule has 2 N–H and O–H groups in total. The molecule has 0 saturated heterocycles. The molecule has 0 saturated carbocycles. The number of urea groups is 1. The van der Waals surface area contributed by atoms with Gasteiger partial charge >= 0.3 is 12.0 Å². The monoisotopic (exact) mass is 516 g/mol. The molecule has 8 nitrogen and oxygen atoms in total. The molecule has 186 valence electrons. The molecule has 0 aliphatic rings. The first kappa shape index (κ1) is 28.0. The molecule has 1 heterocycles. The second-order valence-corrected chi connectivity index (χ2v) is 8.63. The van der Waals surface area contributed by atoms with Crippen LogP contribution in [0.25, 0.3) is 10.9 Å². The molecular formula is C25H29ClN4O4S. The van der Waals surface area contributed by atoms with Crippen LogP contribution in [-0.2, 0) is 20.9 Å². The van der Waals surface area contributed by atoms with Gasteiger partial charge in [0.05, 0.1) is 17.8 Å². The van der Waals surface area contributed by atoms with E-state index in [1.807, 2.05) is 60.9 Å². The SMILES string of the molecule is CCN=C=O.CCNC(=O)Nc1cccc2c1c(Sc1ccc(Cl)cc1)c(C)n2CC(=O)OCC. The van der Waals surface area contributed by atoms with Crippen LogP contribution in [0.3, 0.4) is 0 Å². The topological polar surface area (TPSA) is 102 Å². The van der Waals surface area contributed by atoms with Crippen LogP contribution in [0.1, 0.15) is 26.5 Å². The van der Waals surface area contributed by atoms with E-state index < -0.39 is 0 Å². The van der Waals surface area contributed by atoms with E-state index in [1.54, 1.807) is 25.6 Å². The van der Waals surface area contributed by atoms with Crippen molar-refractivity contribution >= 4 is 58.0 Å². The van der Waals surface area contributed by atoms with Gasteiger partial charge in [-0.3, -0.25) is 4.79 Å². The average Bonchev–Trinajstić information content (AvgIpc) is 3.08. The summed E-state index contributed by atoms with van der Waals surface area (Å²) in [6, 6.07) is 13.0. The van der Waals surface area contributed by atoms with Crippen molar-refractivity contribution in [3.8, 4) is 0 Å². The van der Waals surface area contributed by atoms with E-state index in [2.05, 4.69) is 15.6 Å². The molecule has 3 aromatic rings. The van der Waals surface area contributed by atoms with Crippen molar-refractivity contribution in [2.75, 3.05) is 25.0 Å². The number of aliphatic imine (C=N–C) groups is 1. The Bertz CT molecular complexity index is 1200. The highest BCUT2D eigenvalue weighted by atomic mass is 35.5. The lowest BCUT2D eigenvalue weighted by Crippen LogP contribution is -2.28. The summed E-state index contributed by atoms with van der Waals surface area (Å²) in [6.07, 6.45) is 1.39. The van der Waals surface area contributed by atoms with Crippen LogP contribution >= 0.6 is 23.4 Å². The Morgan fingerprint density at radius 2 is 1.86 bits per heavy atom.